The summed E-state index contributed by atoms with van der Waals surface area (Å²) in [5.41, 5.74) is 7.30. The first-order chi connectivity index (χ1) is 9.24. The van der Waals surface area contributed by atoms with Crippen LogP contribution < -0.4 is 5.73 Å². The maximum atomic E-state index is 13.4. The average Bonchev–Trinajstić information content (AvgIpc) is 2.82. The molecule has 0 aliphatic heterocycles. The Balaban J connectivity index is 2.03. The normalized spacial score (nSPS) is 10.2. The van der Waals surface area contributed by atoms with Gasteiger partial charge in [-0.2, -0.15) is 0 Å². The van der Waals surface area contributed by atoms with E-state index in [0.717, 1.165) is 0 Å². The van der Waals surface area contributed by atoms with Gasteiger partial charge in [-0.25, -0.2) is 14.4 Å². The summed E-state index contributed by atoms with van der Waals surface area (Å²) in [6, 6.07) is 8.11. The zero-order valence-electron chi connectivity index (χ0n) is 9.81. The van der Waals surface area contributed by atoms with E-state index in [-0.39, 0.29) is 5.82 Å². The Morgan fingerprint density at radius 3 is 2.79 bits per heavy atom. The molecular formula is C14H9FN4. The number of nitrogens with zero attached hydrogens (tertiary/aromatic N) is 2. The quantitative estimate of drug-likeness (QED) is 0.602. The number of benzene rings is 1. The molecule has 0 bridgehead atoms. The first-order valence-corrected chi connectivity index (χ1v) is 5.60. The Kier molecular flexibility index (Phi) is 2.62. The molecule has 0 aliphatic carbocycles. The van der Waals surface area contributed by atoms with Crippen molar-refractivity contribution in [2.24, 2.45) is 0 Å². The molecule has 5 heteroatoms. The number of aromatic nitrogens is 3. The van der Waals surface area contributed by atoms with Gasteiger partial charge in [0.2, 0.25) is 0 Å². The van der Waals surface area contributed by atoms with Crippen molar-refractivity contribution < 1.29 is 4.39 Å². The molecule has 4 nitrogen and oxygen atoms in total. The van der Waals surface area contributed by atoms with Crippen molar-refractivity contribution >= 4 is 16.9 Å². The van der Waals surface area contributed by atoms with Gasteiger partial charge in [-0.05, 0) is 24.1 Å². The van der Waals surface area contributed by atoms with Gasteiger partial charge in [-0.1, -0.05) is 18.1 Å². The number of fused-ring (bicyclic) bond motifs is 1. The van der Waals surface area contributed by atoms with Crippen LogP contribution in [0.5, 0.6) is 0 Å². The molecule has 2 heterocycles. The van der Waals surface area contributed by atoms with Crippen LogP contribution in [0.15, 0.2) is 36.7 Å². The van der Waals surface area contributed by atoms with Gasteiger partial charge < -0.3 is 10.7 Å². The molecule has 0 amide bonds. The Morgan fingerprint density at radius 1 is 1.16 bits per heavy atom. The maximum Gasteiger partial charge on any atom is 0.143 e. The summed E-state index contributed by atoms with van der Waals surface area (Å²) in [7, 11) is 0. The second kappa shape index (κ2) is 4.42. The number of H-pyrrole nitrogens is 1. The number of nitrogens with one attached hydrogen (secondary N) is 1. The minimum Gasteiger partial charge on any atom is -0.383 e. The van der Waals surface area contributed by atoms with Crippen LogP contribution in [0, 0.1) is 17.7 Å². The molecular weight excluding hydrogens is 243 g/mol. The fraction of sp³-hybridized carbons (Fsp3) is 0. The summed E-state index contributed by atoms with van der Waals surface area (Å²) >= 11 is 0. The summed E-state index contributed by atoms with van der Waals surface area (Å²) in [4.78, 5) is 10.9. The van der Waals surface area contributed by atoms with E-state index in [1.165, 1.54) is 12.4 Å². The second-order valence-electron chi connectivity index (χ2n) is 3.93. The number of nitrogens with two attached hydrogens (primary N) is 1. The Morgan fingerprint density at radius 2 is 2.00 bits per heavy atom. The molecule has 3 aromatic rings. The third-order valence-corrected chi connectivity index (χ3v) is 2.66. The molecule has 92 valence electrons. The van der Waals surface area contributed by atoms with E-state index in [1.54, 1.807) is 24.3 Å². The van der Waals surface area contributed by atoms with Gasteiger partial charge in [-0.15, -0.1) is 0 Å². The van der Waals surface area contributed by atoms with Gasteiger partial charge in [0.15, 0.2) is 0 Å². The minimum atomic E-state index is -0.342. The number of hydrogen-bond acceptors (Lipinski definition) is 3. The van der Waals surface area contributed by atoms with E-state index < -0.39 is 0 Å². The summed E-state index contributed by atoms with van der Waals surface area (Å²) < 4.78 is 13.4. The van der Waals surface area contributed by atoms with Gasteiger partial charge in [0.25, 0.3) is 0 Å². The highest BCUT2D eigenvalue weighted by Gasteiger charge is 2.03. The summed E-state index contributed by atoms with van der Waals surface area (Å²) in [6.07, 6.45) is 1.38. The predicted molar refractivity (Wildman–Crippen MR) is 70.7 cm³/mol. The van der Waals surface area contributed by atoms with Crippen LogP contribution in [-0.2, 0) is 0 Å². The number of rotatable bonds is 0. The number of halogens is 1. The summed E-state index contributed by atoms with van der Waals surface area (Å²) in [5.74, 6) is 5.66. The topological polar surface area (TPSA) is 67.6 Å². The maximum absolute atomic E-state index is 13.4. The number of hydrogen-bond donors (Lipinski definition) is 2. The lowest BCUT2D eigenvalue weighted by molar-refractivity contribution is 0.624. The molecule has 0 saturated heterocycles. The van der Waals surface area contributed by atoms with Crippen molar-refractivity contribution in [1.82, 2.24) is 15.0 Å². The monoisotopic (exact) mass is 252 g/mol. The standard InChI is InChI=1S/C14H9FN4/c15-12-4-2-1-3-9(12)5-6-10-7-11-13(16)17-8-18-14(11)19-10/h1-4,7-8H,(H3,16,17,18,19). The van der Waals surface area contributed by atoms with Crippen molar-refractivity contribution in [2.75, 3.05) is 5.73 Å². The second-order valence-corrected chi connectivity index (χ2v) is 3.93. The Bertz CT molecular complexity index is 811. The van der Waals surface area contributed by atoms with Gasteiger partial charge in [0, 0.05) is 0 Å². The van der Waals surface area contributed by atoms with Gasteiger partial charge in [0.1, 0.15) is 23.6 Å². The minimum absolute atomic E-state index is 0.342. The van der Waals surface area contributed by atoms with Crippen molar-refractivity contribution in [3.63, 3.8) is 0 Å². The van der Waals surface area contributed by atoms with Gasteiger partial charge in [0.05, 0.1) is 16.6 Å². The van der Waals surface area contributed by atoms with Crippen molar-refractivity contribution in [3.8, 4) is 11.8 Å². The SMILES string of the molecule is Nc1ncnc2[nH]c(C#Cc3ccccc3F)cc12. The lowest BCUT2D eigenvalue weighted by atomic mass is 10.2. The molecule has 0 aliphatic rings. The molecule has 0 radical (unpaired) electrons. The molecule has 19 heavy (non-hydrogen) atoms. The number of aromatic amines is 1. The molecule has 3 N–H and O–H groups in total. The van der Waals surface area contributed by atoms with Crippen LogP contribution in [0.1, 0.15) is 11.3 Å². The van der Waals surface area contributed by atoms with E-state index in [0.29, 0.717) is 28.1 Å². The zero-order chi connectivity index (χ0) is 13.2. The van der Waals surface area contributed by atoms with Crippen LogP contribution in [0.25, 0.3) is 11.0 Å². The highest BCUT2D eigenvalue weighted by atomic mass is 19.1. The fourth-order valence-electron chi connectivity index (χ4n) is 1.72. The van der Waals surface area contributed by atoms with Crippen LogP contribution >= 0.6 is 0 Å². The van der Waals surface area contributed by atoms with E-state index in [9.17, 15) is 4.39 Å². The number of anilines is 1. The first-order valence-electron chi connectivity index (χ1n) is 5.60. The van der Waals surface area contributed by atoms with Gasteiger partial charge >= 0.3 is 0 Å². The Labute approximate surface area is 108 Å². The summed E-state index contributed by atoms with van der Waals surface area (Å²) in [6.45, 7) is 0. The van der Waals surface area contributed by atoms with Crippen molar-refractivity contribution in [3.05, 3.63) is 53.7 Å². The number of nitrogen functional groups attached to an aromatic ring is 1. The van der Waals surface area contributed by atoms with E-state index in [4.69, 9.17) is 5.73 Å². The molecule has 2 aromatic heterocycles. The largest absolute Gasteiger partial charge is 0.383 e. The third kappa shape index (κ3) is 2.11. The van der Waals surface area contributed by atoms with Crippen LogP contribution in [-0.4, -0.2) is 15.0 Å². The highest BCUT2D eigenvalue weighted by molar-refractivity contribution is 5.87. The molecule has 0 fully saturated rings. The van der Waals surface area contributed by atoms with E-state index >= 15 is 0 Å². The van der Waals surface area contributed by atoms with Crippen LogP contribution in [0.3, 0.4) is 0 Å². The molecule has 1 aromatic carbocycles. The lowest BCUT2D eigenvalue weighted by Gasteiger charge is -1.90. The fourth-order valence-corrected chi connectivity index (χ4v) is 1.72. The molecule has 0 atom stereocenters. The molecule has 0 unspecified atom stereocenters. The van der Waals surface area contributed by atoms with Crippen LogP contribution in [0.4, 0.5) is 10.2 Å². The Hall–Kier alpha value is -2.87. The van der Waals surface area contributed by atoms with Crippen LogP contribution in [0.2, 0.25) is 0 Å². The zero-order valence-corrected chi connectivity index (χ0v) is 9.81. The van der Waals surface area contributed by atoms with Crippen molar-refractivity contribution in [2.45, 2.75) is 0 Å². The average molecular weight is 252 g/mol. The first kappa shape index (κ1) is 11.2. The summed E-state index contributed by atoms with van der Waals surface area (Å²) in [5, 5.41) is 0.709. The van der Waals surface area contributed by atoms with Crippen molar-refractivity contribution in [1.29, 1.82) is 0 Å². The smallest absolute Gasteiger partial charge is 0.143 e. The third-order valence-electron chi connectivity index (χ3n) is 2.66. The van der Waals surface area contributed by atoms with E-state index in [1.807, 2.05) is 0 Å². The molecule has 0 spiro atoms. The predicted octanol–water partition coefficient (Wildman–Crippen LogP) is 2.08. The molecule has 3 rings (SSSR count). The molecule has 0 saturated carbocycles. The van der Waals surface area contributed by atoms with E-state index in [2.05, 4.69) is 26.8 Å². The van der Waals surface area contributed by atoms with Gasteiger partial charge in [-0.3, -0.25) is 0 Å². The highest BCUT2D eigenvalue weighted by Crippen LogP contribution is 2.16. The lowest BCUT2D eigenvalue weighted by Crippen LogP contribution is -1.90.